The Morgan fingerprint density at radius 2 is 1.89 bits per heavy atom. The van der Waals surface area contributed by atoms with Crippen LogP contribution in [0.2, 0.25) is 0 Å². The normalized spacial score (nSPS) is 22.1. The van der Waals surface area contributed by atoms with E-state index in [0.29, 0.717) is 12.1 Å². The second-order valence-electron chi connectivity index (χ2n) is 5.17. The van der Waals surface area contributed by atoms with E-state index in [1.165, 1.54) is 30.0 Å². The summed E-state index contributed by atoms with van der Waals surface area (Å²) in [4.78, 5) is 2.48. The molecule has 1 saturated heterocycles. The highest BCUT2D eigenvalue weighted by atomic mass is 32.2. The van der Waals surface area contributed by atoms with Crippen LogP contribution in [0.3, 0.4) is 0 Å². The number of likely N-dealkylation sites (tertiary alicyclic amines) is 1. The maximum Gasteiger partial charge on any atom is 0.200 e. The first-order valence-electron chi connectivity index (χ1n) is 6.54. The molecule has 0 saturated carbocycles. The van der Waals surface area contributed by atoms with Crippen molar-refractivity contribution in [2.24, 2.45) is 0 Å². The van der Waals surface area contributed by atoms with E-state index < -0.39 is 9.84 Å². The van der Waals surface area contributed by atoms with Gasteiger partial charge in [-0.25, -0.2) is 12.8 Å². The molecule has 0 amide bonds. The molecule has 0 aromatic heterocycles. The van der Waals surface area contributed by atoms with Crippen LogP contribution in [0.5, 0.6) is 0 Å². The third-order valence-electron chi connectivity index (χ3n) is 3.73. The fraction of sp³-hybridized carbons (Fsp3) is 0.429. The highest BCUT2D eigenvalue weighted by molar-refractivity contribution is 7.95. The molecule has 1 aromatic rings. The van der Waals surface area contributed by atoms with Gasteiger partial charge in [0.05, 0.1) is 4.90 Å². The molecule has 2 aliphatic heterocycles. The molecule has 0 unspecified atom stereocenters. The monoisotopic (exact) mass is 281 g/mol. The smallest absolute Gasteiger partial charge is 0.200 e. The number of hydrogen-bond donors (Lipinski definition) is 0. The minimum atomic E-state index is -3.38. The van der Waals surface area contributed by atoms with Crippen LogP contribution in [0, 0.1) is 5.82 Å². The molecule has 5 heteroatoms. The Morgan fingerprint density at radius 3 is 2.63 bits per heavy atom. The van der Waals surface area contributed by atoms with Gasteiger partial charge in [0.2, 0.25) is 9.84 Å². The summed E-state index contributed by atoms with van der Waals surface area (Å²) in [7, 11) is -3.38. The standard InChI is InChI=1S/C14H16FNO2S/c15-12-4-5-14-13(8-12)11(10-19(14,17)18)9-16-6-2-1-3-7-16/h4-5,8,10H,1-3,6-7,9H2. The molecule has 0 N–H and O–H groups in total. The molecule has 1 fully saturated rings. The number of hydrogen-bond acceptors (Lipinski definition) is 3. The zero-order valence-corrected chi connectivity index (χ0v) is 11.4. The van der Waals surface area contributed by atoms with Crippen LogP contribution in [-0.4, -0.2) is 33.0 Å². The van der Waals surface area contributed by atoms with Gasteiger partial charge in [-0.3, -0.25) is 4.90 Å². The van der Waals surface area contributed by atoms with E-state index in [-0.39, 0.29) is 10.7 Å². The van der Waals surface area contributed by atoms with E-state index >= 15 is 0 Å². The van der Waals surface area contributed by atoms with Crippen LogP contribution in [0.25, 0.3) is 5.57 Å². The molecular weight excluding hydrogens is 265 g/mol. The van der Waals surface area contributed by atoms with Gasteiger partial charge in [-0.1, -0.05) is 6.42 Å². The summed E-state index contributed by atoms with van der Waals surface area (Å²) in [5, 5.41) is 1.30. The summed E-state index contributed by atoms with van der Waals surface area (Å²) < 4.78 is 37.3. The lowest BCUT2D eigenvalue weighted by atomic mass is 10.1. The largest absolute Gasteiger partial charge is 0.299 e. The maximum atomic E-state index is 13.3. The lowest BCUT2D eigenvalue weighted by Gasteiger charge is -2.26. The van der Waals surface area contributed by atoms with Crippen molar-refractivity contribution in [3.05, 3.63) is 35.0 Å². The van der Waals surface area contributed by atoms with E-state index in [1.54, 1.807) is 0 Å². The number of sulfone groups is 1. The quantitative estimate of drug-likeness (QED) is 0.781. The Balaban J connectivity index is 1.93. The SMILES string of the molecule is O=S1(=O)C=C(CN2CCCCC2)c2cc(F)ccc21. The van der Waals surface area contributed by atoms with E-state index in [9.17, 15) is 12.8 Å². The third kappa shape index (κ3) is 2.44. The van der Waals surface area contributed by atoms with Crippen molar-refractivity contribution in [1.82, 2.24) is 4.90 Å². The Kier molecular flexibility index (Phi) is 3.19. The average Bonchev–Trinajstić information content (AvgIpc) is 2.62. The van der Waals surface area contributed by atoms with Gasteiger partial charge in [-0.15, -0.1) is 0 Å². The minimum absolute atomic E-state index is 0.237. The zero-order valence-electron chi connectivity index (χ0n) is 10.6. The second-order valence-corrected chi connectivity index (χ2v) is 6.93. The van der Waals surface area contributed by atoms with Crippen molar-refractivity contribution in [2.75, 3.05) is 19.6 Å². The second kappa shape index (κ2) is 4.72. The first-order chi connectivity index (χ1) is 9.06. The molecule has 0 radical (unpaired) electrons. The molecular formula is C14H16FNO2S. The van der Waals surface area contributed by atoms with E-state index in [1.807, 2.05) is 0 Å². The topological polar surface area (TPSA) is 37.4 Å². The summed E-state index contributed by atoms with van der Waals surface area (Å²) in [6.45, 7) is 2.57. The molecule has 2 aliphatic rings. The Morgan fingerprint density at radius 1 is 1.16 bits per heavy atom. The van der Waals surface area contributed by atoms with Gasteiger partial charge in [-0.2, -0.15) is 0 Å². The van der Waals surface area contributed by atoms with Crippen molar-refractivity contribution >= 4 is 15.4 Å². The molecule has 102 valence electrons. The van der Waals surface area contributed by atoms with Crippen LogP contribution in [0.4, 0.5) is 4.39 Å². The Bertz CT molecular complexity index is 631. The molecule has 2 heterocycles. The summed E-state index contributed by atoms with van der Waals surface area (Å²) in [5.74, 6) is -0.389. The van der Waals surface area contributed by atoms with Crippen molar-refractivity contribution < 1.29 is 12.8 Å². The number of nitrogens with zero attached hydrogens (tertiary/aromatic N) is 1. The van der Waals surface area contributed by atoms with Gasteiger partial charge < -0.3 is 0 Å². The number of piperidine rings is 1. The van der Waals surface area contributed by atoms with Crippen molar-refractivity contribution in [2.45, 2.75) is 24.2 Å². The minimum Gasteiger partial charge on any atom is -0.299 e. The van der Waals surface area contributed by atoms with Crippen LogP contribution < -0.4 is 0 Å². The lowest BCUT2D eigenvalue weighted by molar-refractivity contribution is 0.255. The van der Waals surface area contributed by atoms with Gasteiger partial charge >= 0.3 is 0 Å². The van der Waals surface area contributed by atoms with Gasteiger partial charge in [0, 0.05) is 17.5 Å². The molecule has 19 heavy (non-hydrogen) atoms. The Hall–Kier alpha value is -1.20. The fourth-order valence-corrected chi connectivity index (χ4v) is 4.25. The zero-order chi connectivity index (χ0) is 13.5. The number of halogens is 1. The molecule has 1 aromatic carbocycles. The maximum absolute atomic E-state index is 13.3. The summed E-state index contributed by atoms with van der Waals surface area (Å²) in [6.07, 6.45) is 3.53. The van der Waals surface area contributed by atoms with E-state index in [2.05, 4.69) is 4.90 Å². The third-order valence-corrected chi connectivity index (χ3v) is 5.30. The fourth-order valence-electron chi connectivity index (χ4n) is 2.80. The van der Waals surface area contributed by atoms with Gasteiger partial charge in [0.15, 0.2) is 0 Å². The number of fused-ring (bicyclic) bond motifs is 1. The van der Waals surface area contributed by atoms with Crippen LogP contribution in [-0.2, 0) is 9.84 Å². The molecule has 0 atom stereocenters. The highest BCUT2D eigenvalue weighted by Crippen LogP contribution is 2.34. The lowest BCUT2D eigenvalue weighted by Crippen LogP contribution is -2.30. The van der Waals surface area contributed by atoms with Crippen LogP contribution in [0.15, 0.2) is 28.5 Å². The van der Waals surface area contributed by atoms with Crippen molar-refractivity contribution in [3.63, 3.8) is 0 Å². The molecule has 3 rings (SSSR count). The molecule has 0 spiro atoms. The van der Waals surface area contributed by atoms with Gasteiger partial charge in [0.25, 0.3) is 0 Å². The van der Waals surface area contributed by atoms with Crippen LogP contribution in [0.1, 0.15) is 24.8 Å². The number of rotatable bonds is 2. The van der Waals surface area contributed by atoms with Crippen LogP contribution >= 0.6 is 0 Å². The van der Waals surface area contributed by atoms with Gasteiger partial charge in [0.1, 0.15) is 5.82 Å². The predicted molar refractivity (Wildman–Crippen MR) is 71.9 cm³/mol. The summed E-state index contributed by atoms with van der Waals surface area (Å²) >= 11 is 0. The molecule has 0 aliphatic carbocycles. The van der Waals surface area contributed by atoms with Gasteiger partial charge in [-0.05, 0) is 49.7 Å². The number of benzene rings is 1. The predicted octanol–water partition coefficient (Wildman–Crippen LogP) is 2.44. The molecule has 0 bridgehead atoms. The van der Waals surface area contributed by atoms with E-state index in [0.717, 1.165) is 31.5 Å². The summed E-state index contributed by atoms with van der Waals surface area (Å²) in [5.41, 5.74) is 1.25. The average molecular weight is 281 g/mol. The van der Waals surface area contributed by atoms with Crippen molar-refractivity contribution in [1.29, 1.82) is 0 Å². The first-order valence-corrected chi connectivity index (χ1v) is 8.09. The summed E-state index contributed by atoms with van der Waals surface area (Å²) in [6, 6.07) is 3.89. The Labute approximate surface area is 112 Å². The van der Waals surface area contributed by atoms with E-state index in [4.69, 9.17) is 0 Å². The molecule has 3 nitrogen and oxygen atoms in total. The van der Waals surface area contributed by atoms with Crippen molar-refractivity contribution in [3.8, 4) is 0 Å². The highest BCUT2D eigenvalue weighted by Gasteiger charge is 2.28. The first kappa shape index (κ1) is 12.8.